The Bertz CT molecular complexity index is 159. The summed E-state index contributed by atoms with van der Waals surface area (Å²) in [7, 11) is 1.61. The van der Waals surface area contributed by atoms with Crippen LogP contribution in [0.2, 0.25) is 0 Å². The maximum atomic E-state index is 11.0. The summed E-state index contributed by atoms with van der Waals surface area (Å²) in [5.41, 5.74) is 0.855. The molecule has 56 valence electrons. The molecule has 0 aromatic carbocycles. The average Bonchev–Trinajstić information content (AvgIpc) is 1.94. The molecular formula is C8H12O2. The molecule has 0 bridgehead atoms. The number of Topliss-reactive ketones (excluding diaryl/α,β-unsaturated/α-hetero) is 1. The minimum absolute atomic E-state index is 0.258. The van der Waals surface area contributed by atoms with Crippen LogP contribution in [0.5, 0.6) is 0 Å². The van der Waals surface area contributed by atoms with Crippen molar-refractivity contribution in [2.24, 2.45) is 0 Å². The molecule has 2 nitrogen and oxygen atoms in total. The number of methoxy groups -OCH3 is 1. The van der Waals surface area contributed by atoms with E-state index >= 15 is 0 Å². The number of ketones is 1. The summed E-state index contributed by atoms with van der Waals surface area (Å²) < 4.78 is 4.86. The lowest BCUT2D eigenvalue weighted by molar-refractivity contribution is -0.116. The van der Waals surface area contributed by atoms with Crippen molar-refractivity contribution in [3.63, 3.8) is 0 Å². The number of allylic oxidation sites excluding steroid dienone is 1. The molecule has 0 amide bonds. The summed E-state index contributed by atoms with van der Waals surface area (Å²) in [6.07, 6.45) is 4.72. The van der Waals surface area contributed by atoms with Crippen LogP contribution >= 0.6 is 0 Å². The fourth-order valence-electron chi connectivity index (χ4n) is 1.11. The number of hydrogen-bond acceptors (Lipinski definition) is 2. The molecule has 0 radical (unpaired) electrons. The van der Waals surface area contributed by atoms with E-state index in [2.05, 4.69) is 0 Å². The Hall–Kier alpha value is -0.630. The monoisotopic (exact) mass is 140 g/mol. The zero-order chi connectivity index (χ0) is 7.40. The molecule has 1 aliphatic carbocycles. The first-order chi connectivity index (χ1) is 4.84. The summed E-state index contributed by atoms with van der Waals surface area (Å²) in [4.78, 5) is 11.0. The molecule has 0 N–H and O–H groups in total. The van der Waals surface area contributed by atoms with Gasteiger partial charge in [0.1, 0.15) is 0 Å². The Morgan fingerprint density at radius 1 is 1.70 bits per heavy atom. The Morgan fingerprint density at radius 3 is 3.10 bits per heavy atom. The van der Waals surface area contributed by atoms with Gasteiger partial charge in [-0.1, -0.05) is 6.08 Å². The van der Waals surface area contributed by atoms with Crippen molar-refractivity contribution in [1.29, 1.82) is 0 Å². The third kappa shape index (κ3) is 1.67. The minimum atomic E-state index is 0.258. The first-order valence-corrected chi connectivity index (χ1v) is 3.56. The summed E-state index contributed by atoms with van der Waals surface area (Å²) in [5.74, 6) is 0.258. The van der Waals surface area contributed by atoms with Gasteiger partial charge in [-0.3, -0.25) is 4.79 Å². The van der Waals surface area contributed by atoms with Gasteiger partial charge < -0.3 is 4.74 Å². The average molecular weight is 140 g/mol. The zero-order valence-electron chi connectivity index (χ0n) is 6.22. The number of rotatable bonds is 2. The smallest absolute Gasteiger partial charge is 0.160 e. The molecule has 0 aliphatic heterocycles. The third-order valence-corrected chi connectivity index (χ3v) is 1.66. The highest BCUT2D eigenvalue weighted by atomic mass is 16.5. The molecule has 0 heterocycles. The number of carbonyl (C=O) groups excluding carboxylic acids is 1. The van der Waals surface area contributed by atoms with Crippen LogP contribution in [0.15, 0.2) is 11.6 Å². The van der Waals surface area contributed by atoms with Crippen LogP contribution in [0.1, 0.15) is 19.3 Å². The second-order valence-electron chi connectivity index (χ2n) is 2.48. The lowest BCUT2D eigenvalue weighted by Gasteiger charge is -2.09. The van der Waals surface area contributed by atoms with Gasteiger partial charge in [-0.2, -0.15) is 0 Å². The molecule has 0 aromatic heterocycles. The second-order valence-corrected chi connectivity index (χ2v) is 2.48. The van der Waals surface area contributed by atoms with Crippen LogP contribution in [0.4, 0.5) is 0 Å². The summed E-state index contributed by atoms with van der Waals surface area (Å²) in [6.45, 7) is 0.485. The van der Waals surface area contributed by atoms with Crippen molar-refractivity contribution in [2.75, 3.05) is 13.7 Å². The molecule has 0 atom stereocenters. The van der Waals surface area contributed by atoms with Crippen molar-refractivity contribution in [3.05, 3.63) is 11.6 Å². The maximum Gasteiger partial charge on any atom is 0.160 e. The van der Waals surface area contributed by atoms with E-state index in [-0.39, 0.29) is 5.78 Å². The minimum Gasteiger partial charge on any atom is -0.380 e. The molecule has 10 heavy (non-hydrogen) atoms. The molecular weight excluding hydrogens is 128 g/mol. The zero-order valence-corrected chi connectivity index (χ0v) is 6.22. The normalized spacial score (nSPS) is 18.9. The predicted octanol–water partition coefficient (Wildman–Crippen LogP) is 1.31. The number of carbonyl (C=O) groups is 1. The lowest BCUT2D eigenvalue weighted by Crippen LogP contribution is -2.11. The van der Waals surface area contributed by atoms with Crippen molar-refractivity contribution >= 4 is 5.78 Å². The predicted molar refractivity (Wildman–Crippen MR) is 38.8 cm³/mol. The van der Waals surface area contributed by atoms with Gasteiger partial charge in [0.05, 0.1) is 6.61 Å². The second kappa shape index (κ2) is 3.52. The van der Waals surface area contributed by atoms with Crippen LogP contribution in [0, 0.1) is 0 Å². The third-order valence-electron chi connectivity index (χ3n) is 1.66. The van der Waals surface area contributed by atoms with Gasteiger partial charge in [-0.25, -0.2) is 0 Å². The van der Waals surface area contributed by atoms with Crippen molar-refractivity contribution in [1.82, 2.24) is 0 Å². The van der Waals surface area contributed by atoms with E-state index in [1.807, 2.05) is 6.08 Å². The lowest BCUT2D eigenvalue weighted by atomic mass is 9.99. The highest BCUT2D eigenvalue weighted by Crippen LogP contribution is 2.13. The van der Waals surface area contributed by atoms with E-state index in [9.17, 15) is 4.79 Å². The van der Waals surface area contributed by atoms with Gasteiger partial charge in [0.15, 0.2) is 5.78 Å². The molecule has 0 fully saturated rings. The van der Waals surface area contributed by atoms with Crippen LogP contribution in [0.25, 0.3) is 0 Å². The molecule has 0 unspecified atom stereocenters. The standard InChI is InChI=1S/C8H12O2/c1-10-6-7-4-2-3-5-8(7)9/h4H,2-3,5-6H2,1H3. The van der Waals surface area contributed by atoms with Crippen LogP contribution in [-0.2, 0) is 9.53 Å². The van der Waals surface area contributed by atoms with Crippen LogP contribution in [-0.4, -0.2) is 19.5 Å². The van der Waals surface area contributed by atoms with Crippen molar-refractivity contribution in [3.8, 4) is 0 Å². The molecule has 0 aromatic rings. The van der Waals surface area contributed by atoms with E-state index in [1.165, 1.54) is 0 Å². The highest BCUT2D eigenvalue weighted by molar-refractivity contribution is 5.96. The van der Waals surface area contributed by atoms with E-state index in [0.717, 1.165) is 18.4 Å². The molecule has 0 spiro atoms. The fraction of sp³-hybridized carbons (Fsp3) is 0.625. The SMILES string of the molecule is COCC1=CCCCC1=O. The van der Waals surface area contributed by atoms with E-state index in [0.29, 0.717) is 13.0 Å². The molecule has 1 aliphatic rings. The van der Waals surface area contributed by atoms with Gasteiger partial charge in [-0.05, 0) is 12.8 Å². The molecule has 2 heteroatoms. The largest absolute Gasteiger partial charge is 0.380 e. The Morgan fingerprint density at radius 2 is 2.50 bits per heavy atom. The molecule has 0 saturated carbocycles. The Kier molecular flexibility index (Phi) is 2.63. The van der Waals surface area contributed by atoms with E-state index in [4.69, 9.17) is 4.74 Å². The Balaban J connectivity index is 2.53. The van der Waals surface area contributed by atoms with E-state index < -0.39 is 0 Å². The van der Waals surface area contributed by atoms with Crippen molar-refractivity contribution < 1.29 is 9.53 Å². The fourth-order valence-corrected chi connectivity index (χ4v) is 1.11. The van der Waals surface area contributed by atoms with Gasteiger partial charge in [0, 0.05) is 19.1 Å². The first kappa shape index (κ1) is 7.48. The van der Waals surface area contributed by atoms with Gasteiger partial charge in [-0.15, -0.1) is 0 Å². The molecule has 1 rings (SSSR count). The van der Waals surface area contributed by atoms with Crippen molar-refractivity contribution in [2.45, 2.75) is 19.3 Å². The van der Waals surface area contributed by atoms with Gasteiger partial charge in [0.2, 0.25) is 0 Å². The highest BCUT2D eigenvalue weighted by Gasteiger charge is 2.11. The Labute approximate surface area is 60.9 Å². The van der Waals surface area contributed by atoms with Gasteiger partial charge in [0.25, 0.3) is 0 Å². The number of ether oxygens (including phenoxy) is 1. The summed E-state index contributed by atoms with van der Waals surface area (Å²) in [5, 5.41) is 0. The molecule has 0 saturated heterocycles. The van der Waals surface area contributed by atoms with E-state index in [1.54, 1.807) is 7.11 Å². The van der Waals surface area contributed by atoms with Gasteiger partial charge >= 0.3 is 0 Å². The summed E-state index contributed by atoms with van der Waals surface area (Å²) in [6, 6.07) is 0. The maximum absolute atomic E-state index is 11.0. The van der Waals surface area contributed by atoms with Crippen LogP contribution < -0.4 is 0 Å². The number of hydrogen-bond donors (Lipinski definition) is 0. The quantitative estimate of drug-likeness (QED) is 0.578. The summed E-state index contributed by atoms with van der Waals surface area (Å²) >= 11 is 0. The van der Waals surface area contributed by atoms with Crippen LogP contribution in [0.3, 0.4) is 0 Å². The first-order valence-electron chi connectivity index (χ1n) is 3.56. The topological polar surface area (TPSA) is 26.3 Å².